The minimum absolute atomic E-state index is 0.275. The van der Waals surface area contributed by atoms with Crippen LogP contribution in [0.2, 0.25) is 0 Å². The molecule has 1 amide bonds. The second kappa shape index (κ2) is 8.62. The van der Waals surface area contributed by atoms with Gasteiger partial charge in [0.1, 0.15) is 22.1 Å². The van der Waals surface area contributed by atoms with E-state index in [-0.39, 0.29) is 12.2 Å². The van der Waals surface area contributed by atoms with Crippen LogP contribution in [0.15, 0.2) is 18.2 Å². The highest BCUT2D eigenvalue weighted by Gasteiger charge is 2.29. The van der Waals surface area contributed by atoms with E-state index < -0.39 is 11.9 Å². The summed E-state index contributed by atoms with van der Waals surface area (Å²) in [6, 6.07) is 5.13. The van der Waals surface area contributed by atoms with E-state index in [0.29, 0.717) is 22.1 Å². The summed E-state index contributed by atoms with van der Waals surface area (Å²) in [7, 11) is 5.02. The summed E-state index contributed by atoms with van der Waals surface area (Å²) in [4.78, 5) is 28.9. The van der Waals surface area contributed by atoms with E-state index in [4.69, 9.17) is 14.2 Å². The number of hydrogen-bond acceptors (Lipinski definition) is 7. The highest BCUT2D eigenvalue weighted by Crippen LogP contribution is 2.38. The monoisotopic (exact) mass is 404 g/mol. The van der Waals surface area contributed by atoms with Crippen LogP contribution in [0.4, 0.5) is 5.00 Å². The number of esters is 1. The summed E-state index contributed by atoms with van der Waals surface area (Å²) < 4.78 is 15.9. The zero-order valence-corrected chi connectivity index (χ0v) is 17.3. The smallest absolute Gasteiger partial charge is 0.341 e. The SMILES string of the molecule is CCOC(=O)c1c(NC(=O)c2c(OC)cccc2OC)sc2c1CCN(C)C2. The predicted octanol–water partition coefficient (Wildman–Crippen LogP) is 3.18. The molecule has 1 aliphatic heterocycles. The quantitative estimate of drug-likeness (QED) is 0.745. The summed E-state index contributed by atoms with van der Waals surface area (Å²) in [6.07, 6.45) is 0.740. The molecular weight excluding hydrogens is 380 g/mol. The normalized spacial score (nSPS) is 13.6. The molecule has 0 radical (unpaired) electrons. The van der Waals surface area contributed by atoms with Crippen molar-refractivity contribution in [1.82, 2.24) is 4.90 Å². The number of ether oxygens (including phenoxy) is 3. The van der Waals surface area contributed by atoms with Gasteiger partial charge in [-0.2, -0.15) is 0 Å². The minimum Gasteiger partial charge on any atom is -0.496 e. The van der Waals surface area contributed by atoms with Crippen LogP contribution in [0.3, 0.4) is 0 Å². The maximum absolute atomic E-state index is 13.1. The van der Waals surface area contributed by atoms with E-state index >= 15 is 0 Å². The van der Waals surface area contributed by atoms with Crippen LogP contribution in [0.25, 0.3) is 0 Å². The number of fused-ring (bicyclic) bond motifs is 1. The first-order chi connectivity index (χ1) is 13.5. The van der Waals surface area contributed by atoms with Crippen LogP contribution in [-0.2, 0) is 17.7 Å². The van der Waals surface area contributed by atoms with Crippen LogP contribution in [0.5, 0.6) is 11.5 Å². The lowest BCUT2D eigenvalue weighted by atomic mass is 10.0. The summed E-state index contributed by atoms with van der Waals surface area (Å²) >= 11 is 1.41. The number of thiophene rings is 1. The third-order valence-electron chi connectivity index (χ3n) is 4.61. The second-order valence-electron chi connectivity index (χ2n) is 6.41. The second-order valence-corrected chi connectivity index (χ2v) is 7.51. The summed E-state index contributed by atoms with van der Waals surface area (Å²) in [6.45, 7) is 3.63. The molecule has 0 aliphatic carbocycles. The van der Waals surface area contributed by atoms with E-state index in [9.17, 15) is 9.59 Å². The molecular formula is C20H24N2O5S. The number of rotatable bonds is 6. The van der Waals surface area contributed by atoms with Crippen LogP contribution in [-0.4, -0.2) is 51.2 Å². The van der Waals surface area contributed by atoms with Gasteiger partial charge in [0.15, 0.2) is 0 Å². The minimum atomic E-state index is -0.410. The van der Waals surface area contributed by atoms with Crippen molar-refractivity contribution < 1.29 is 23.8 Å². The van der Waals surface area contributed by atoms with Gasteiger partial charge in [-0.05, 0) is 38.1 Å². The molecule has 1 aromatic carbocycles. The van der Waals surface area contributed by atoms with Crippen molar-refractivity contribution in [2.24, 2.45) is 0 Å². The van der Waals surface area contributed by atoms with E-state index in [1.807, 2.05) is 7.05 Å². The maximum Gasteiger partial charge on any atom is 0.341 e. The summed E-state index contributed by atoms with van der Waals surface area (Å²) in [5.74, 6) is -0.00943. The summed E-state index contributed by atoms with van der Waals surface area (Å²) in [5.41, 5.74) is 1.70. The van der Waals surface area contributed by atoms with Crippen molar-refractivity contribution >= 4 is 28.2 Å². The Morgan fingerprint density at radius 1 is 1.18 bits per heavy atom. The van der Waals surface area contributed by atoms with Gasteiger partial charge < -0.3 is 24.4 Å². The fraction of sp³-hybridized carbons (Fsp3) is 0.400. The van der Waals surface area contributed by atoms with Gasteiger partial charge in [0, 0.05) is 18.0 Å². The van der Waals surface area contributed by atoms with E-state index in [2.05, 4.69) is 10.2 Å². The molecule has 2 heterocycles. The molecule has 0 saturated heterocycles. The molecule has 0 atom stereocenters. The van der Waals surface area contributed by atoms with Crippen LogP contribution >= 0.6 is 11.3 Å². The predicted molar refractivity (Wildman–Crippen MR) is 108 cm³/mol. The Balaban J connectivity index is 2.01. The van der Waals surface area contributed by atoms with Crippen LogP contribution < -0.4 is 14.8 Å². The van der Waals surface area contributed by atoms with Gasteiger partial charge in [-0.1, -0.05) is 6.07 Å². The number of methoxy groups -OCH3 is 2. The fourth-order valence-electron chi connectivity index (χ4n) is 3.28. The Labute approximate surface area is 168 Å². The topological polar surface area (TPSA) is 77.1 Å². The number of nitrogens with zero attached hydrogens (tertiary/aromatic N) is 1. The van der Waals surface area contributed by atoms with Gasteiger partial charge in [0.05, 0.1) is 26.4 Å². The zero-order valence-electron chi connectivity index (χ0n) is 16.5. The number of benzene rings is 1. The molecule has 1 aromatic heterocycles. The van der Waals surface area contributed by atoms with Gasteiger partial charge in [-0.25, -0.2) is 4.79 Å². The molecule has 3 rings (SSSR count). The number of amides is 1. The zero-order chi connectivity index (χ0) is 20.3. The van der Waals surface area contributed by atoms with Crippen molar-refractivity contribution in [1.29, 1.82) is 0 Å². The van der Waals surface area contributed by atoms with Gasteiger partial charge in [-0.15, -0.1) is 11.3 Å². The Hall–Kier alpha value is -2.58. The number of carbonyl (C=O) groups is 2. The number of anilines is 1. The molecule has 150 valence electrons. The van der Waals surface area contributed by atoms with Gasteiger partial charge >= 0.3 is 5.97 Å². The standard InChI is InChI=1S/C20H24N2O5S/c1-5-27-20(24)16-12-9-10-22(2)11-15(12)28-19(16)21-18(23)17-13(25-3)7-6-8-14(17)26-4/h6-8H,5,9-11H2,1-4H3,(H,21,23). The van der Waals surface area contributed by atoms with Crippen molar-refractivity contribution in [3.05, 3.63) is 39.8 Å². The first kappa shape index (κ1) is 20.2. The average molecular weight is 404 g/mol. The van der Waals surface area contributed by atoms with Crippen molar-refractivity contribution in [3.8, 4) is 11.5 Å². The van der Waals surface area contributed by atoms with E-state index in [0.717, 1.165) is 30.0 Å². The Morgan fingerprint density at radius 3 is 2.46 bits per heavy atom. The third kappa shape index (κ3) is 3.83. The Morgan fingerprint density at radius 2 is 1.86 bits per heavy atom. The molecule has 7 nitrogen and oxygen atoms in total. The summed E-state index contributed by atoms with van der Waals surface area (Å²) in [5, 5.41) is 3.38. The number of likely N-dealkylation sites (N-methyl/N-ethyl adjacent to an activating group) is 1. The molecule has 1 aliphatic rings. The molecule has 28 heavy (non-hydrogen) atoms. The van der Waals surface area contributed by atoms with Crippen LogP contribution in [0, 0.1) is 0 Å². The lowest BCUT2D eigenvalue weighted by Gasteiger charge is -2.22. The third-order valence-corrected chi connectivity index (χ3v) is 5.74. The van der Waals surface area contributed by atoms with Crippen molar-refractivity contribution in [2.75, 3.05) is 39.7 Å². The van der Waals surface area contributed by atoms with Crippen LogP contribution in [0.1, 0.15) is 38.1 Å². The van der Waals surface area contributed by atoms with E-state index in [1.54, 1.807) is 25.1 Å². The van der Waals surface area contributed by atoms with Gasteiger partial charge in [-0.3, -0.25) is 4.79 Å². The lowest BCUT2D eigenvalue weighted by molar-refractivity contribution is 0.0526. The Bertz CT molecular complexity index is 871. The number of nitrogens with one attached hydrogen (secondary N) is 1. The highest BCUT2D eigenvalue weighted by molar-refractivity contribution is 7.17. The first-order valence-electron chi connectivity index (χ1n) is 9.02. The largest absolute Gasteiger partial charge is 0.496 e. The van der Waals surface area contributed by atoms with Crippen molar-refractivity contribution in [3.63, 3.8) is 0 Å². The first-order valence-corrected chi connectivity index (χ1v) is 9.84. The number of hydrogen-bond donors (Lipinski definition) is 1. The number of carbonyl (C=O) groups excluding carboxylic acids is 2. The molecule has 0 saturated carbocycles. The molecule has 0 spiro atoms. The highest BCUT2D eigenvalue weighted by atomic mass is 32.1. The molecule has 0 unspecified atom stereocenters. The molecule has 8 heteroatoms. The van der Waals surface area contributed by atoms with Gasteiger partial charge in [0.25, 0.3) is 5.91 Å². The molecule has 2 aromatic rings. The maximum atomic E-state index is 13.1. The Kier molecular flexibility index (Phi) is 6.21. The molecule has 1 N–H and O–H groups in total. The van der Waals surface area contributed by atoms with Gasteiger partial charge in [0.2, 0.25) is 0 Å². The molecule has 0 bridgehead atoms. The average Bonchev–Trinajstić information content (AvgIpc) is 3.03. The molecule has 0 fully saturated rings. The lowest BCUT2D eigenvalue weighted by Crippen LogP contribution is -2.26. The van der Waals surface area contributed by atoms with Crippen molar-refractivity contribution in [2.45, 2.75) is 19.9 Å². The fourth-order valence-corrected chi connectivity index (χ4v) is 4.59. The van der Waals surface area contributed by atoms with E-state index in [1.165, 1.54) is 25.6 Å².